The van der Waals surface area contributed by atoms with Crippen LogP contribution in [0.5, 0.6) is 0 Å². The number of hydrogen-bond donors (Lipinski definition) is 0. The van der Waals surface area contributed by atoms with Gasteiger partial charge in [-0.2, -0.15) is 0 Å². The Balaban J connectivity index is 1.35. The standard InChI is InChI=1S/C21H33N5O2S/c1-15(2)23-6-10-25(11-7-23)20(28)17-4-5-18-19(14-17)29-21(22-18)26-12-8-24(9-13-26)16(3)27/h15,17H,4-14H2,1-3H3/t17-/m0/s1. The van der Waals surface area contributed by atoms with E-state index < -0.39 is 0 Å². The lowest BCUT2D eigenvalue weighted by Crippen LogP contribution is -2.52. The van der Waals surface area contributed by atoms with Gasteiger partial charge < -0.3 is 14.7 Å². The van der Waals surface area contributed by atoms with E-state index >= 15 is 0 Å². The van der Waals surface area contributed by atoms with E-state index in [9.17, 15) is 9.59 Å². The highest BCUT2D eigenvalue weighted by molar-refractivity contribution is 7.15. The third kappa shape index (κ3) is 4.43. The van der Waals surface area contributed by atoms with E-state index in [1.807, 2.05) is 4.90 Å². The number of piperazine rings is 2. The van der Waals surface area contributed by atoms with Gasteiger partial charge in [-0.15, -0.1) is 11.3 Å². The van der Waals surface area contributed by atoms with Crippen LogP contribution in [0.4, 0.5) is 5.13 Å². The normalized spacial score (nSPS) is 23.4. The van der Waals surface area contributed by atoms with Crippen LogP contribution in [-0.2, 0) is 22.4 Å². The Morgan fingerprint density at radius 1 is 1.00 bits per heavy atom. The van der Waals surface area contributed by atoms with Crippen molar-refractivity contribution in [2.75, 3.05) is 57.3 Å². The molecule has 2 aliphatic heterocycles. The van der Waals surface area contributed by atoms with Crippen LogP contribution in [0.3, 0.4) is 0 Å². The summed E-state index contributed by atoms with van der Waals surface area (Å²) in [7, 11) is 0. The maximum absolute atomic E-state index is 13.1. The highest BCUT2D eigenvalue weighted by atomic mass is 32.1. The van der Waals surface area contributed by atoms with E-state index in [2.05, 4.69) is 28.5 Å². The molecule has 1 aromatic rings. The lowest BCUT2D eigenvalue weighted by Gasteiger charge is -2.38. The minimum atomic E-state index is 0.107. The molecular formula is C21H33N5O2S. The Labute approximate surface area is 177 Å². The molecular weight excluding hydrogens is 386 g/mol. The molecule has 0 unspecified atom stereocenters. The molecule has 160 valence electrons. The predicted octanol–water partition coefficient (Wildman–Crippen LogP) is 1.47. The number of anilines is 1. The van der Waals surface area contributed by atoms with Gasteiger partial charge in [0.25, 0.3) is 0 Å². The van der Waals surface area contributed by atoms with Gasteiger partial charge in [-0.25, -0.2) is 4.98 Å². The summed E-state index contributed by atoms with van der Waals surface area (Å²) in [6.45, 7) is 13.0. The van der Waals surface area contributed by atoms with E-state index in [-0.39, 0.29) is 11.8 Å². The van der Waals surface area contributed by atoms with E-state index in [0.29, 0.717) is 11.9 Å². The molecule has 2 saturated heterocycles. The van der Waals surface area contributed by atoms with Crippen LogP contribution in [0.25, 0.3) is 0 Å². The van der Waals surface area contributed by atoms with Crippen molar-refractivity contribution >= 4 is 28.3 Å². The average molecular weight is 420 g/mol. The van der Waals surface area contributed by atoms with Crippen LogP contribution >= 0.6 is 11.3 Å². The molecule has 0 radical (unpaired) electrons. The van der Waals surface area contributed by atoms with Gasteiger partial charge in [0.15, 0.2) is 5.13 Å². The number of carbonyl (C=O) groups is 2. The summed E-state index contributed by atoms with van der Waals surface area (Å²) in [5.74, 6) is 0.596. The number of fused-ring (bicyclic) bond motifs is 1. The average Bonchev–Trinajstić information content (AvgIpc) is 3.16. The van der Waals surface area contributed by atoms with Gasteiger partial charge in [-0.1, -0.05) is 0 Å². The van der Waals surface area contributed by atoms with E-state index in [1.54, 1.807) is 18.3 Å². The Morgan fingerprint density at radius 3 is 2.28 bits per heavy atom. The van der Waals surface area contributed by atoms with Crippen LogP contribution in [-0.4, -0.2) is 89.9 Å². The molecule has 8 heteroatoms. The van der Waals surface area contributed by atoms with E-state index in [4.69, 9.17) is 4.98 Å². The number of carbonyl (C=O) groups excluding carboxylic acids is 2. The second-order valence-corrected chi connectivity index (χ2v) is 9.82. The second kappa shape index (κ2) is 8.60. The van der Waals surface area contributed by atoms with Crippen molar-refractivity contribution in [2.24, 2.45) is 5.92 Å². The molecule has 1 aliphatic carbocycles. The molecule has 1 atom stereocenters. The number of aromatic nitrogens is 1. The summed E-state index contributed by atoms with van der Waals surface area (Å²) < 4.78 is 0. The fourth-order valence-electron chi connectivity index (χ4n) is 4.64. The summed E-state index contributed by atoms with van der Waals surface area (Å²) in [6.07, 6.45) is 2.66. The largest absolute Gasteiger partial charge is 0.345 e. The lowest BCUT2D eigenvalue weighted by molar-refractivity contribution is -0.138. The predicted molar refractivity (Wildman–Crippen MR) is 115 cm³/mol. The minimum Gasteiger partial charge on any atom is -0.345 e. The minimum absolute atomic E-state index is 0.107. The Kier molecular flexibility index (Phi) is 6.11. The molecule has 0 aromatic carbocycles. The first-order chi connectivity index (χ1) is 13.9. The fourth-order valence-corrected chi connectivity index (χ4v) is 5.87. The molecule has 29 heavy (non-hydrogen) atoms. The summed E-state index contributed by atoms with van der Waals surface area (Å²) in [5.41, 5.74) is 1.19. The smallest absolute Gasteiger partial charge is 0.226 e. The number of thiazole rings is 1. The monoisotopic (exact) mass is 419 g/mol. The van der Waals surface area contributed by atoms with Gasteiger partial charge in [-0.3, -0.25) is 14.5 Å². The van der Waals surface area contributed by atoms with Crippen LogP contribution in [0.15, 0.2) is 0 Å². The molecule has 2 fully saturated rings. The van der Waals surface area contributed by atoms with Gasteiger partial charge >= 0.3 is 0 Å². The van der Waals surface area contributed by atoms with E-state index in [1.165, 1.54) is 10.6 Å². The van der Waals surface area contributed by atoms with Crippen molar-refractivity contribution in [3.05, 3.63) is 10.6 Å². The van der Waals surface area contributed by atoms with Crippen LogP contribution in [0, 0.1) is 5.92 Å². The van der Waals surface area contributed by atoms with Crippen LogP contribution < -0.4 is 4.90 Å². The van der Waals surface area contributed by atoms with Crippen molar-refractivity contribution in [1.82, 2.24) is 19.7 Å². The number of nitrogens with zero attached hydrogens (tertiary/aromatic N) is 5. The Hall–Kier alpha value is -1.67. The molecule has 3 aliphatic rings. The van der Waals surface area contributed by atoms with Gasteiger partial charge in [0.1, 0.15) is 0 Å². The summed E-state index contributed by atoms with van der Waals surface area (Å²) in [5, 5.41) is 1.07. The third-order valence-electron chi connectivity index (χ3n) is 6.63. The zero-order valence-corrected chi connectivity index (χ0v) is 18.7. The van der Waals surface area contributed by atoms with Crippen molar-refractivity contribution in [3.8, 4) is 0 Å². The molecule has 2 amide bonds. The fraction of sp³-hybridized carbons (Fsp3) is 0.762. The Bertz CT molecular complexity index is 748. The van der Waals surface area contributed by atoms with Crippen molar-refractivity contribution in [1.29, 1.82) is 0 Å². The summed E-state index contributed by atoms with van der Waals surface area (Å²) in [6, 6.07) is 0.553. The van der Waals surface area contributed by atoms with Crippen LogP contribution in [0.1, 0.15) is 37.8 Å². The molecule has 0 N–H and O–H groups in total. The number of amides is 2. The molecule has 0 saturated carbocycles. The molecule has 7 nitrogen and oxygen atoms in total. The first-order valence-corrected chi connectivity index (χ1v) is 11.8. The van der Waals surface area contributed by atoms with Crippen molar-refractivity contribution in [2.45, 2.75) is 46.1 Å². The number of rotatable bonds is 3. The molecule has 0 bridgehead atoms. The maximum atomic E-state index is 13.1. The van der Waals surface area contributed by atoms with Gasteiger partial charge in [0.2, 0.25) is 11.8 Å². The zero-order valence-electron chi connectivity index (χ0n) is 17.9. The Morgan fingerprint density at radius 2 is 1.66 bits per heavy atom. The topological polar surface area (TPSA) is 60.0 Å². The van der Waals surface area contributed by atoms with Crippen molar-refractivity contribution < 1.29 is 9.59 Å². The van der Waals surface area contributed by atoms with Crippen molar-refractivity contribution in [3.63, 3.8) is 0 Å². The van der Waals surface area contributed by atoms with Gasteiger partial charge in [-0.05, 0) is 33.1 Å². The summed E-state index contributed by atoms with van der Waals surface area (Å²) >= 11 is 1.76. The zero-order chi connectivity index (χ0) is 20.5. The van der Waals surface area contributed by atoms with Gasteiger partial charge in [0.05, 0.1) is 5.69 Å². The van der Waals surface area contributed by atoms with Gasteiger partial charge in [0, 0.05) is 76.1 Å². The highest BCUT2D eigenvalue weighted by Gasteiger charge is 2.33. The van der Waals surface area contributed by atoms with Crippen LogP contribution in [0.2, 0.25) is 0 Å². The first kappa shape index (κ1) is 20.6. The second-order valence-electron chi connectivity index (χ2n) is 8.75. The van der Waals surface area contributed by atoms with E-state index in [0.717, 1.165) is 76.8 Å². The molecule has 3 heterocycles. The first-order valence-electron chi connectivity index (χ1n) is 10.9. The molecule has 0 spiro atoms. The third-order valence-corrected chi connectivity index (χ3v) is 7.81. The highest BCUT2D eigenvalue weighted by Crippen LogP contribution is 2.35. The number of hydrogen-bond acceptors (Lipinski definition) is 6. The quantitative estimate of drug-likeness (QED) is 0.743. The lowest BCUT2D eigenvalue weighted by atomic mass is 9.90. The SMILES string of the molecule is CC(=O)N1CCN(c2nc3c(s2)C[C@@H](C(=O)N2CCN(C(C)C)CC2)CC3)CC1. The maximum Gasteiger partial charge on any atom is 0.226 e. The molecule has 1 aromatic heterocycles. The molecule has 4 rings (SSSR count). The number of aryl methyl sites for hydroxylation is 1. The summed E-state index contributed by atoms with van der Waals surface area (Å²) in [4.78, 5) is 39.5.